The van der Waals surface area contributed by atoms with E-state index < -0.39 is 21.1 Å². The Kier molecular flexibility index (Phi) is 7.99. The van der Waals surface area contributed by atoms with Gasteiger partial charge in [-0.2, -0.15) is 16.8 Å². The molecule has 1 atom stereocenters. The third-order valence-corrected chi connectivity index (χ3v) is 0.907. The van der Waals surface area contributed by atoms with Gasteiger partial charge in [0.25, 0.3) is 9.05 Å². The highest BCUT2D eigenvalue weighted by Crippen LogP contribution is 1.80. The summed E-state index contributed by atoms with van der Waals surface area (Å²) in [6, 6.07) is -0.816. The highest BCUT2D eigenvalue weighted by molar-refractivity contribution is 8.26. The van der Waals surface area contributed by atoms with Crippen LogP contribution in [0.3, 0.4) is 0 Å². The molecular weight excluding hydrogens is 226 g/mol. The van der Waals surface area contributed by atoms with E-state index in [2.05, 4.69) is 23.8 Å². The van der Waals surface area contributed by atoms with Crippen molar-refractivity contribution in [1.29, 1.82) is 0 Å². The topological polar surface area (TPSA) is 121 Å². The first-order valence-corrected chi connectivity index (χ1v) is 5.50. The lowest BCUT2D eigenvalue weighted by atomic mass is 10.4. The lowest BCUT2D eigenvalue weighted by Crippen LogP contribution is -2.31. The number of thiol groups is 1. The molecular formula is C3H9NO5S3. The van der Waals surface area contributed by atoms with Gasteiger partial charge in [0.05, 0.1) is 0 Å². The quantitative estimate of drug-likeness (QED) is 0.389. The maximum Gasteiger partial charge on any atom is 0.321 e. The standard InChI is InChI=1S/C3H7NO2S.H2O3S2/c4-2(1-7)3(5)6;1-5(2,3)4/h2,7H,1,4H2,(H,5,6);(H2,1,2,3,4). The van der Waals surface area contributed by atoms with Gasteiger partial charge in [-0.25, -0.2) is 0 Å². The van der Waals surface area contributed by atoms with E-state index in [1.165, 1.54) is 0 Å². The summed E-state index contributed by atoms with van der Waals surface area (Å²) in [5, 5.41) is 8.01. The molecule has 0 aromatic rings. The Bertz CT molecular complexity index is 216. The van der Waals surface area contributed by atoms with E-state index in [4.69, 9.17) is 24.2 Å². The van der Waals surface area contributed by atoms with Crippen molar-refractivity contribution in [2.75, 3.05) is 5.75 Å². The molecule has 74 valence electrons. The van der Waals surface area contributed by atoms with Gasteiger partial charge in [-0.1, -0.05) is 0 Å². The fourth-order valence-electron chi connectivity index (χ4n) is 0.0781. The van der Waals surface area contributed by atoms with E-state index in [9.17, 15) is 4.79 Å². The molecule has 0 aliphatic heterocycles. The van der Waals surface area contributed by atoms with Crippen molar-refractivity contribution in [3.8, 4) is 0 Å². The van der Waals surface area contributed by atoms with E-state index >= 15 is 0 Å². The zero-order chi connectivity index (χ0) is 10.4. The third kappa shape index (κ3) is 22.5. The van der Waals surface area contributed by atoms with Gasteiger partial charge < -0.3 is 10.8 Å². The number of carboxylic acid groups (broad SMARTS) is 1. The first-order valence-electron chi connectivity index (χ1n) is 2.47. The van der Waals surface area contributed by atoms with Gasteiger partial charge in [-0.15, -0.1) is 0 Å². The second kappa shape index (κ2) is 6.57. The lowest BCUT2D eigenvalue weighted by molar-refractivity contribution is -0.137. The number of hydrogen-bond acceptors (Lipinski definition) is 5. The van der Waals surface area contributed by atoms with Crippen molar-refractivity contribution in [1.82, 2.24) is 0 Å². The van der Waals surface area contributed by atoms with Crippen LogP contribution in [0.4, 0.5) is 0 Å². The Morgan fingerprint density at radius 3 is 1.92 bits per heavy atom. The van der Waals surface area contributed by atoms with Gasteiger partial charge in [0.1, 0.15) is 6.04 Å². The van der Waals surface area contributed by atoms with Crippen molar-refractivity contribution < 1.29 is 23.2 Å². The van der Waals surface area contributed by atoms with Crippen molar-refractivity contribution in [2.45, 2.75) is 6.04 Å². The molecule has 0 bridgehead atoms. The number of carboxylic acids is 1. The molecule has 1 unspecified atom stereocenters. The summed E-state index contributed by atoms with van der Waals surface area (Å²) in [6.45, 7) is 0. The predicted molar refractivity (Wildman–Crippen MR) is 50.2 cm³/mol. The van der Waals surface area contributed by atoms with Gasteiger partial charge in [0, 0.05) is 16.9 Å². The molecule has 0 spiro atoms. The van der Waals surface area contributed by atoms with Crippen LogP contribution >= 0.6 is 12.6 Å². The SMILES string of the molecule is NC(CS)C(=O)O.O=S(O)(O)=S. The molecule has 0 heterocycles. The number of carbonyl (C=O) groups is 1. The first kappa shape index (κ1) is 14.6. The molecule has 0 saturated heterocycles. The minimum atomic E-state index is -3.83. The highest BCUT2D eigenvalue weighted by Gasteiger charge is 2.06. The molecule has 0 aromatic heterocycles. The molecule has 0 aromatic carbocycles. The highest BCUT2D eigenvalue weighted by atomic mass is 32.9. The van der Waals surface area contributed by atoms with E-state index in [0.29, 0.717) is 0 Å². The average molecular weight is 235 g/mol. The fourth-order valence-corrected chi connectivity index (χ4v) is 0.234. The molecule has 0 aliphatic rings. The van der Waals surface area contributed by atoms with E-state index in [0.717, 1.165) is 0 Å². The second-order valence-electron chi connectivity index (χ2n) is 1.58. The molecule has 0 fully saturated rings. The van der Waals surface area contributed by atoms with Crippen molar-refractivity contribution in [3.63, 3.8) is 0 Å². The Labute approximate surface area is 79.9 Å². The zero-order valence-electron chi connectivity index (χ0n) is 5.78. The largest absolute Gasteiger partial charge is 0.480 e. The Morgan fingerprint density at radius 2 is 1.92 bits per heavy atom. The minimum Gasteiger partial charge on any atom is -0.480 e. The molecule has 5 N–H and O–H groups in total. The van der Waals surface area contributed by atoms with Crippen molar-refractivity contribution in [2.24, 2.45) is 5.73 Å². The van der Waals surface area contributed by atoms with Crippen molar-refractivity contribution in [3.05, 3.63) is 0 Å². The molecule has 6 nitrogen and oxygen atoms in total. The van der Waals surface area contributed by atoms with Crippen LogP contribution in [-0.2, 0) is 25.0 Å². The maximum atomic E-state index is 9.76. The molecule has 9 heteroatoms. The second-order valence-corrected chi connectivity index (χ2v) is 4.14. The van der Waals surface area contributed by atoms with Crippen LogP contribution in [0.25, 0.3) is 0 Å². The van der Waals surface area contributed by atoms with Crippen LogP contribution in [0.2, 0.25) is 0 Å². The molecule has 12 heavy (non-hydrogen) atoms. The smallest absolute Gasteiger partial charge is 0.321 e. The van der Waals surface area contributed by atoms with Crippen LogP contribution in [0.15, 0.2) is 0 Å². The zero-order valence-corrected chi connectivity index (χ0v) is 8.31. The normalized spacial score (nSPS) is 12.7. The average Bonchev–Trinajstić information content (AvgIpc) is 1.82. The summed E-state index contributed by atoms with van der Waals surface area (Å²) >= 11 is 7.11. The molecule has 0 saturated carbocycles. The minimum absolute atomic E-state index is 0.190. The van der Waals surface area contributed by atoms with E-state index in [-0.39, 0.29) is 5.75 Å². The van der Waals surface area contributed by atoms with Crippen LogP contribution in [0.1, 0.15) is 0 Å². The maximum absolute atomic E-state index is 9.76. The van der Waals surface area contributed by atoms with Crippen LogP contribution in [-0.4, -0.2) is 36.2 Å². The van der Waals surface area contributed by atoms with Gasteiger partial charge >= 0.3 is 5.97 Å². The monoisotopic (exact) mass is 235 g/mol. The summed E-state index contributed by atoms with van der Waals surface area (Å²) in [5.41, 5.74) is 4.94. The molecule has 0 rings (SSSR count). The molecule has 0 radical (unpaired) electrons. The first-order chi connectivity index (χ1) is 5.18. The van der Waals surface area contributed by atoms with Crippen molar-refractivity contribution >= 4 is 38.8 Å². The number of rotatable bonds is 2. The third-order valence-electron chi connectivity index (χ3n) is 0.514. The Morgan fingerprint density at radius 1 is 1.67 bits per heavy atom. The van der Waals surface area contributed by atoms with Crippen LogP contribution < -0.4 is 5.73 Å². The summed E-state index contributed by atoms with van der Waals surface area (Å²) in [7, 11) is -3.83. The molecule has 0 aliphatic carbocycles. The van der Waals surface area contributed by atoms with Crippen LogP contribution in [0.5, 0.6) is 0 Å². The summed E-state index contributed by atoms with van der Waals surface area (Å²) in [5.74, 6) is -0.815. The number of aliphatic carboxylic acids is 1. The Balaban J connectivity index is 0. The number of nitrogens with two attached hydrogens (primary N) is 1. The number of hydrogen-bond donors (Lipinski definition) is 5. The molecule has 0 amide bonds. The van der Waals surface area contributed by atoms with E-state index in [1.54, 1.807) is 0 Å². The fraction of sp³-hybridized carbons (Fsp3) is 0.667. The summed E-state index contributed by atoms with van der Waals surface area (Å²) < 4.78 is 24.0. The van der Waals surface area contributed by atoms with Gasteiger partial charge in [-0.05, 0) is 0 Å². The Hall–Kier alpha value is 0.0700. The van der Waals surface area contributed by atoms with Gasteiger partial charge in [0.15, 0.2) is 0 Å². The van der Waals surface area contributed by atoms with Gasteiger partial charge in [-0.3, -0.25) is 13.9 Å². The van der Waals surface area contributed by atoms with Crippen LogP contribution in [0, 0.1) is 0 Å². The van der Waals surface area contributed by atoms with Gasteiger partial charge in [0.2, 0.25) is 0 Å². The summed E-state index contributed by atoms with van der Waals surface area (Å²) in [6.07, 6.45) is 0. The lowest BCUT2D eigenvalue weighted by Gasteiger charge is -1.96. The predicted octanol–water partition coefficient (Wildman–Crippen LogP) is -0.993. The summed E-state index contributed by atoms with van der Waals surface area (Å²) in [4.78, 5) is 9.76. The van der Waals surface area contributed by atoms with E-state index in [1.807, 2.05) is 0 Å².